The number of carbonyl (C=O) groups excluding carboxylic acids is 1. The Hall–Kier alpha value is -3.34. The van der Waals surface area contributed by atoms with E-state index in [0.29, 0.717) is 12.8 Å². The van der Waals surface area contributed by atoms with Crippen molar-refractivity contribution in [2.24, 2.45) is 0 Å². The van der Waals surface area contributed by atoms with Gasteiger partial charge in [0, 0.05) is 23.0 Å². The predicted molar refractivity (Wildman–Crippen MR) is 107 cm³/mol. The molecule has 2 N–H and O–H groups in total. The number of amides is 1. The van der Waals surface area contributed by atoms with Crippen molar-refractivity contribution < 1.29 is 13.6 Å². The standard InChI is InChI=1S/C23H21FN2O2/c1-15(21-7-4-14-28-21)25-22(27)13-12-19-18-5-2-3-6-20(18)26-23(19)16-8-10-17(24)11-9-16/h2-11,14-15,26H,12-13H2,1H3,(H,25,27). The van der Waals surface area contributed by atoms with Crippen LogP contribution in [0.15, 0.2) is 71.3 Å². The van der Waals surface area contributed by atoms with Crippen molar-refractivity contribution in [3.05, 3.63) is 84.1 Å². The molecule has 0 aliphatic carbocycles. The number of rotatable bonds is 6. The number of hydrogen-bond donors (Lipinski definition) is 2. The molecule has 0 saturated heterocycles. The maximum absolute atomic E-state index is 13.3. The largest absolute Gasteiger partial charge is 0.467 e. The smallest absolute Gasteiger partial charge is 0.220 e. The summed E-state index contributed by atoms with van der Waals surface area (Å²) in [5, 5.41) is 4.04. The highest BCUT2D eigenvalue weighted by atomic mass is 19.1. The van der Waals surface area contributed by atoms with Gasteiger partial charge in [-0.2, -0.15) is 0 Å². The minimum atomic E-state index is -0.271. The molecule has 1 unspecified atom stereocenters. The molecular weight excluding hydrogens is 355 g/mol. The first kappa shape index (κ1) is 18.0. The van der Waals surface area contributed by atoms with Crippen LogP contribution in [-0.4, -0.2) is 10.9 Å². The molecular formula is C23H21FN2O2. The van der Waals surface area contributed by atoms with Gasteiger partial charge in [-0.3, -0.25) is 4.79 Å². The summed E-state index contributed by atoms with van der Waals surface area (Å²) < 4.78 is 18.7. The van der Waals surface area contributed by atoms with E-state index in [2.05, 4.69) is 10.3 Å². The number of benzene rings is 2. The Morgan fingerprint density at radius 1 is 1.11 bits per heavy atom. The predicted octanol–water partition coefficient (Wildman–Crippen LogP) is 5.38. The van der Waals surface area contributed by atoms with Gasteiger partial charge in [0.05, 0.1) is 12.3 Å². The first-order valence-electron chi connectivity index (χ1n) is 9.30. The van der Waals surface area contributed by atoms with E-state index >= 15 is 0 Å². The molecule has 1 atom stereocenters. The average Bonchev–Trinajstić information content (AvgIpc) is 3.35. The molecule has 4 nitrogen and oxygen atoms in total. The number of para-hydroxylation sites is 1. The van der Waals surface area contributed by atoms with E-state index in [9.17, 15) is 9.18 Å². The Bertz CT molecular complexity index is 1080. The molecule has 0 aliphatic heterocycles. The van der Waals surface area contributed by atoms with Gasteiger partial charge in [0.25, 0.3) is 0 Å². The fourth-order valence-electron chi connectivity index (χ4n) is 3.48. The lowest BCUT2D eigenvalue weighted by molar-refractivity contribution is -0.121. The van der Waals surface area contributed by atoms with Gasteiger partial charge >= 0.3 is 0 Å². The highest BCUT2D eigenvalue weighted by Crippen LogP contribution is 2.31. The van der Waals surface area contributed by atoms with Gasteiger partial charge in [-0.25, -0.2) is 4.39 Å². The normalized spacial score (nSPS) is 12.2. The van der Waals surface area contributed by atoms with E-state index in [1.54, 1.807) is 24.5 Å². The summed E-state index contributed by atoms with van der Waals surface area (Å²) >= 11 is 0. The van der Waals surface area contributed by atoms with E-state index < -0.39 is 0 Å². The molecule has 1 amide bonds. The lowest BCUT2D eigenvalue weighted by Gasteiger charge is -2.12. The topological polar surface area (TPSA) is 58.0 Å². The van der Waals surface area contributed by atoms with E-state index in [1.165, 1.54) is 12.1 Å². The molecule has 4 rings (SSSR count). The number of aromatic nitrogens is 1. The van der Waals surface area contributed by atoms with Gasteiger partial charge in [0.2, 0.25) is 5.91 Å². The maximum Gasteiger partial charge on any atom is 0.220 e. The molecule has 142 valence electrons. The van der Waals surface area contributed by atoms with Crippen molar-refractivity contribution in [2.45, 2.75) is 25.8 Å². The summed E-state index contributed by atoms with van der Waals surface area (Å²) in [4.78, 5) is 15.9. The van der Waals surface area contributed by atoms with Crippen LogP contribution >= 0.6 is 0 Å². The SMILES string of the molecule is CC(NC(=O)CCc1c(-c2ccc(F)cc2)[nH]c2ccccc12)c1ccco1. The van der Waals surface area contributed by atoms with E-state index in [-0.39, 0.29) is 17.8 Å². The van der Waals surface area contributed by atoms with Crippen molar-refractivity contribution in [1.29, 1.82) is 0 Å². The summed E-state index contributed by atoms with van der Waals surface area (Å²) in [5.74, 6) is 0.416. The Kier molecular flexibility index (Phi) is 4.98. The number of fused-ring (bicyclic) bond motifs is 1. The third kappa shape index (κ3) is 3.69. The molecule has 28 heavy (non-hydrogen) atoms. The van der Waals surface area contributed by atoms with Gasteiger partial charge in [0.15, 0.2) is 0 Å². The van der Waals surface area contributed by atoms with Crippen LogP contribution in [0.4, 0.5) is 4.39 Å². The Morgan fingerprint density at radius 3 is 2.64 bits per heavy atom. The van der Waals surface area contributed by atoms with Crippen LogP contribution in [-0.2, 0) is 11.2 Å². The maximum atomic E-state index is 13.3. The minimum Gasteiger partial charge on any atom is -0.467 e. The second kappa shape index (κ2) is 7.72. The van der Waals surface area contributed by atoms with Gasteiger partial charge in [-0.1, -0.05) is 18.2 Å². The van der Waals surface area contributed by atoms with Gasteiger partial charge in [-0.05, 0) is 66.9 Å². The Labute approximate surface area is 162 Å². The van der Waals surface area contributed by atoms with Crippen molar-refractivity contribution in [3.63, 3.8) is 0 Å². The molecule has 2 heterocycles. The molecule has 0 spiro atoms. The second-order valence-corrected chi connectivity index (χ2v) is 6.84. The van der Waals surface area contributed by atoms with Gasteiger partial charge < -0.3 is 14.7 Å². The van der Waals surface area contributed by atoms with Crippen LogP contribution < -0.4 is 5.32 Å². The number of hydrogen-bond acceptors (Lipinski definition) is 2. The fraction of sp³-hybridized carbons (Fsp3) is 0.174. The molecule has 0 aliphatic rings. The summed E-state index contributed by atoms with van der Waals surface area (Å²) in [7, 11) is 0. The lowest BCUT2D eigenvalue weighted by atomic mass is 10.0. The number of furan rings is 1. The Morgan fingerprint density at radius 2 is 1.89 bits per heavy atom. The highest BCUT2D eigenvalue weighted by molar-refractivity contribution is 5.91. The summed E-state index contributed by atoms with van der Waals surface area (Å²) in [6.07, 6.45) is 2.52. The van der Waals surface area contributed by atoms with Gasteiger partial charge in [0.1, 0.15) is 11.6 Å². The third-order valence-corrected chi connectivity index (χ3v) is 4.90. The third-order valence-electron chi connectivity index (χ3n) is 4.90. The summed E-state index contributed by atoms with van der Waals surface area (Å²) in [5.41, 5.74) is 3.88. The van der Waals surface area contributed by atoms with E-state index in [4.69, 9.17) is 4.42 Å². The van der Waals surface area contributed by atoms with Crippen molar-refractivity contribution in [3.8, 4) is 11.3 Å². The van der Waals surface area contributed by atoms with E-state index in [1.807, 2.05) is 37.3 Å². The quantitative estimate of drug-likeness (QED) is 0.475. The van der Waals surface area contributed by atoms with Crippen LogP contribution in [0.25, 0.3) is 22.2 Å². The second-order valence-electron chi connectivity index (χ2n) is 6.84. The highest BCUT2D eigenvalue weighted by Gasteiger charge is 2.16. The number of halogens is 1. The first-order valence-corrected chi connectivity index (χ1v) is 9.30. The van der Waals surface area contributed by atoms with Crippen LogP contribution in [0.5, 0.6) is 0 Å². The number of carbonyl (C=O) groups is 1. The molecule has 5 heteroatoms. The van der Waals surface area contributed by atoms with Crippen LogP contribution in [0.1, 0.15) is 30.7 Å². The number of H-pyrrole nitrogens is 1. The molecule has 2 aromatic heterocycles. The zero-order valence-electron chi connectivity index (χ0n) is 15.5. The molecule has 2 aromatic carbocycles. The fourth-order valence-corrected chi connectivity index (χ4v) is 3.48. The molecule has 4 aromatic rings. The minimum absolute atomic E-state index is 0.0424. The zero-order valence-corrected chi connectivity index (χ0v) is 15.5. The lowest BCUT2D eigenvalue weighted by Crippen LogP contribution is -2.26. The zero-order chi connectivity index (χ0) is 19.5. The van der Waals surface area contributed by atoms with Crippen molar-refractivity contribution in [1.82, 2.24) is 10.3 Å². The number of nitrogens with one attached hydrogen (secondary N) is 2. The number of aryl methyl sites for hydroxylation is 1. The molecule has 0 radical (unpaired) electrons. The summed E-state index contributed by atoms with van der Waals surface area (Å²) in [6.45, 7) is 1.90. The average molecular weight is 376 g/mol. The van der Waals surface area contributed by atoms with E-state index in [0.717, 1.165) is 33.5 Å². The Balaban J connectivity index is 1.56. The van der Waals surface area contributed by atoms with Crippen LogP contribution in [0.3, 0.4) is 0 Å². The molecule has 0 saturated carbocycles. The molecule has 0 fully saturated rings. The van der Waals surface area contributed by atoms with Gasteiger partial charge in [-0.15, -0.1) is 0 Å². The summed E-state index contributed by atoms with van der Waals surface area (Å²) in [6, 6.07) is 17.9. The number of aromatic amines is 1. The van der Waals surface area contributed by atoms with Crippen molar-refractivity contribution >= 4 is 16.8 Å². The van der Waals surface area contributed by atoms with Crippen LogP contribution in [0, 0.1) is 5.82 Å². The van der Waals surface area contributed by atoms with Crippen LogP contribution in [0.2, 0.25) is 0 Å². The molecule has 0 bridgehead atoms. The first-order chi connectivity index (χ1) is 13.6. The van der Waals surface area contributed by atoms with Crippen molar-refractivity contribution in [2.75, 3.05) is 0 Å². The monoisotopic (exact) mass is 376 g/mol.